The maximum Gasteiger partial charge on any atom is 0.254 e. The fourth-order valence-corrected chi connectivity index (χ4v) is 4.34. The number of aromatic nitrogens is 4. The molecule has 27 heavy (non-hydrogen) atoms. The largest absolute Gasteiger partial charge is 0.396 e. The maximum absolute atomic E-state index is 12.9. The Hall–Kier alpha value is -2.10. The minimum atomic E-state index is -0.0369. The van der Waals surface area contributed by atoms with Crippen molar-refractivity contribution in [2.75, 3.05) is 39.3 Å². The Morgan fingerprint density at radius 1 is 1.22 bits per heavy atom. The molecule has 0 radical (unpaired) electrons. The molecule has 0 bridgehead atoms. The summed E-state index contributed by atoms with van der Waals surface area (Å²) in [5.74, 6) is 0.320. The van der Waals surface area contributed by atoms with Crippen LogP contribution in [0.25, 0.3) is 5.65 Å². The van der Waals surface area contributed by atoms with Crippen LogP contribution in [0, 0.1) is 11.8 Å². The molecule has 0 spiro atoms. The first-order chi connectivity index (χ1) is 13.0. The molecule has 0 aliphatic carbocycles. The van der Waals surface area contributed by atoms with E-state index in [2.05, 4.69) is 34.3 Å². The van der Waals surface area contributed by atoms with Crippen LogP contribution >= 0.6 is 0 Å². The Morgan fingerprint density at radius 2 is 1.96 bits per heavy atom. The fourth-order valence-electron chi connectivity index (χ4n) is 4.34. The van der Waals surface area contributed by atoms with Gasteiger partial charge in [-0.15, -0.1) is 5.10 Å². The van der Waals surface area contributed by atoms with Crippen molar-refractivity contribution in [1.82, 2.24) is 29.8 Å². The third-order valence-corrected chi connectivity index (χ3v) is 5.53. The number of hydrogen-bond donors (Lipinski definition) is 1. The van der Waals surface area contributed by atoms with E-state index in [1.807, 2.05) is 4.90 Å². The number of carbonyl (C=O) groups excluding carboxylic acids is 1. The number of likely N-dealkylation sites (tertiary alicyclic amines) is 1. The van der Waals surface area contributed by atoms with Crippen molar-refractivity contribution in [3.8, 4) is 0 Å². The molecular formula is C18H26N6O3. The number of hydrogen-bond acceptors (Lipinski definition) is 7. The minimum absolute atomic E-state index is 0.0369. The quantitative estimate of drug-likeness (QED) is 0.799. The molecule has 9 heteroatoms. The Labute approximate surface area is 157 Å². The third-order valence-electron chi connectivity index (χ3n) is 5.53. The number of tetrazole rings is 1. The number of nitrogens with zero attached hydrogens (tertiary/aromatic N) is 6. The van der Waals surface area contributed by atoms with E-state index in [1.54, 1.807) is 18.3 Å². The van der Waals surface area contributed by atoms with E-state index in [9.17, 15) is 9.90 Å². The van der Waals surface area contributed by atoms with E-state index in [-0.39, 0.29) is 36.6 Å². The zero-order valence-electron chi connectivity index (χ0n) is 15.7. The summed E-state index contributed by atoms with van der Waals surface area (Å²) < 4.78 is 7.33. The lowest BCUT2D eigenvalue weighted by atomic mass is 9.96. The summed E-state index contributed by atoms with van der Waals surface area (Å²) in [5.41, 5.74) is 1.12. The topological polar surface area (TPSA) is 96.1 Å². The number of amides is 1. The minimum Gasteiger partial charge on any atom is -0.396 e. The van der Waals surface area contributed by atoms with Gasteiger partial charge in [-0.05, 0) is 42.3 Å². The molecule has 0 unspecified atom stereocenters. The van der Waals surface area contributed by atoms with Gasteiger partial charge in [-0.2, -0.15) is 0 Å². The number of morpholine rings is 1. The molecule has 2 fully saturated rings. The van der Waals surface area contributed by atoms with E-state index in [0.717, 1.165) is 19.6 Å². The van der Waals surface area contributed by atoms with Gasteiger partial charge in [0.25, 0.3) is 5.91 Å². The van der Waals surface area contributed by atoms with Crippen LogP contribution in [0.2, 0.25) is 0 Å². The first-order valence-electron chi connectivity index (χ1n) is 9.49. The van der Waals surface area contributed by atoms with Crippen LogP contribution in [0.1, 0.15) is 24.2 Å². The number of pyridine rings is 1. The number of ether oxygens (including phenoxy) is 1. The second kappa shape index (κ2) is 7.49. The van der Waals surface area contributed by atoms with Crippen molar-refractivity contribution in [2.24, 2.45) is 11.8 Å². The molecule has 0 aromatic carbocycles. The second-order valence-electron chi connectivity index (χ2n) is 7.79. The van der Waals surface area contributed by atoms with Crippen molar-refractivity contribution in [2.45, 2.75) is 26.1 Å². The predicted octanol–water partition coefficient (Wildman–Crippen LogP) is -0.0860. The summed E-state index contributed by atoms with van der Waals surface area (Å²) in [6.07, 6.45) is 2.11. The van der Waals surface area contributed by atoms with Crippen LogP contribution in [0.4, 0.5) is 0 Å². The van der Waals surface area contributed by atoms with Gasteiger partial charge in [0.05, 0.1) is 12.2 Å². The van der Waals surface area contributed by atoms with Gasteiger partial charge in [-0.1, -0.05) is 0 Å². The second-order valence-corrected chi connectivity index (χ2v) is 7.79. The standard InChI is InChI=1S/C18H26N6O3/c1-12-6-22(7-13(2)27-12)8-15-9-23(10-16(15)11-25)18(26)14-3-4-24-17(5-14)19-20-21-24/h3-5,12-13,15-16,25H,6-11H2,1-2H3/t12-,13+,15-,16-/m0/s1. The van der Waals surface area contributed by atoms with Crippen LogP contribution in [0.5, 0.6) is 0 Å². The summed E-state index contributed by atoms with van der Waals surface area (Å²) in [7, 11) is 0. The van der Waals surface area contributed by atoms with Crippen LogP contribution < -0.4 is 0 Å². The van der Waals surface area contributed by atoms with Crippen molar-refractivity contribution in [3.63, 3.8) is 0 Å². The number of rotatable bonds is 4. The molecule has 146 valence electrons. The summed E-state index contributed by atoms with van der Waals surface area (Å²) in [6, 6.07) is 3.44. The van der Waals surface area contributed by atoms with E-state index in [0.29, 0.717) is 24.3 Å². The van der Waals surface area contributed by atoms with Gasteiger partial charge in [0.1, 0.15) is 0 Å². The summed E-state index contributed by atoms with van der Waals surface area (Å²) in [6.45, 7) is 8.16. The van der Waals surface area contributed by atoms with Gasteiger partial charge in [0.15, 0.2) is 5.65 Å². The van der Waals surface area contributed by atoms with Gasteiger partial charge in [0.2, 0.25) is 0 Å². The molecule has 4 rings (SSSR count). The lowest BCUT2D eigenvalue weighted by Gasteiger charge is -2.37. The summed E-state index contributed by atoms with van der Waals surface area (Å²) in [5, 5.41) is 21.2. The maximum atomic E-state index is 12.9. The first-order valence-corrected chi connectivity index (χ1v) is 9.49. The highest BCUT2D eigenvalue weighted by Crippen LogP contribution is 2.27. The zero-order chi connectivity index (χ0) is 19.0. The van der Waals surface area contributed by atoms with Crippen molar-refractivity contribution in [1.29, 1.82) is 0 Å². The molecule has 2 aromatic heterocycles. The Kier molecular flexibility index (Phi) is 5.07. The molecule has 1 amide bonds. The number of aliphatic hydroxyl groups is 1. The van der Waals surface area contributed by atoms with Gasteiger partial charge < -0.3 is 14.7 Å². The SMILES string of the molecule is C[C@@H]1CN(C[C@H]2CN(C(=O)c3ccn4nnnc4c3)C[C@H]2CO)C[C@H](C)O1. The molecule has 9 nitrogen and oxygen atoms in total. The average molecular weight is 374 g/mol. The number of carbonyl (C=O) groups is 1. The van der Waals surface area contributed by atoms with E-state index < -0.39 is 0 Å². The normalized spacial score (nSPS) is 29.5. The summed E-state index contributed by atoms with van der Waals surface area (Å²) >= 11 is 0. The molecule has 2 aliphatic rings. The fraction of sp³-hybridized carbons (Fsp3) is 0.667. The Bertz CT molecular complexity index is 801. The molecule has 2 aromatic rings. The number of fused-ring (bicyclic) bond motifs is 1. The monoisotopic (exact) mass is 374 g/mol. The highest BCUT2D eigenvalue weighted by molar-refractivity contribution is 5.95. The highest BCUT2D eigenvalue weighted by Gasteiger charge is 2.37. The van der Waals surface area contributed by atoms with E-state index in [1.165, 1.54) is 4.52 Å². The Balaban J connectivity index is 1.44. The number of aliphatic hydroxyl groups excluding tert-OH is 1. The van der Waals surface area contributed by atoms with Crippen LogP contribution in [0.15, 0.2) is 18.3 Å². The molecule has 2 saturated heterocycles. The lowest BCUT2D eigenvalue weighted by Crippen LogP contribution is -2.48. The first kappa shape index (κ1) is 18.3. The van der Waals surface area contributed by atoms with Crippen molar-refractivity contribution in [3.05, 3.63) is 23.9 Å². The average Bonchev–Trinajstić information content (AvgIpc) is 3.26. The molecular weight excluding hydrogens is 348 g/mol. The molecule has 4 heterocycles. The van der Waals surface area contributed by atoms with E-state index >= 15 is 0 Å². The predicted molar refractivity (Wildman–Crippen MR) is 97.2 cm³/mol. The Morgan fingerprint density at radius 3 is 2.70 bits per heavy atom. The summed E-state index contributed by atoms with van der Waals surface area (Å²) in [4.78, 5) is 17.2. The van der Waals surface area contributed by atoms with Crippen molar-refractivity contribution < 1.29 is 14.6 Å². The van der Waals surface area contributed by atoms with Gasteiger partial charge in [-0.3, -0.25) is 9.69 Å². The smallest absolute Gasteiger partial charge is 0.254 e. The molecule has 1 N–H and O–H groups in total. The van der Waals surface area contributed by atoms with Gasteiger partial charge >= 0.3 is 0 Å². The molecule has 4 atom stereocenters. The molecule has 2 aliphatic heterocycles. The zero-order valence-corrected chi connectivity index (χ0v) is 15.7. The van der Waals surface area contributed by atoms with Crippen LogP contribution in [0.3, 0.4) is 0 Å². The lowest BCUT2D eigenvalue weighted by molar-refractivity contribution is -0.0726. The van der Waals surface area contributed by atoms with Crippen LogP contribution in [-0.4, -0.2) is 92.4 Å². The highest BCUT2D eigenvalue weighted by atomic mass is 16.5. The van der Waals surface area contributed by atoms with Crippen molar-refractivity contribution >= 4 is 11.6 Å². The molecule has 0 saturated carbocycles. The van der Waals surface area contributed by atoms with E-state index in [4.69, 9.17) is 4.74 Å². The van der Waals surface area contributed by atoms with Gasteiger partial charge in [-0.25, -0.2) is 4.52 Å². The van der Waals surface area contributed by atoms with Gasteiger partial charge in [0, 0.05) is 57.0 Å². The third kappa shape index (κ3) is 3.80. The van der Waals surface area contributed by atoms with Crippen LogP contribution in [-0.2, 0) is 4.74 Å².